The topological polar surface area (TPSA) is 97.8 Å². The number of carbonyl (C=O) groups excluding carboxylic acids is 1. The quantitative estimate of drug-likeness (QED) is 0.534. The minimum atomic E-state index is -1.01. The first-order valence-corrected chi connectivity index (χ1v) is 9.78. The summed E-state index contributed by atoms with van der Waals surface area (Å²) in [6, 6.07) is 12.7. The number of aromatic carboxylic acids is 1. The third kappa shape index (κ3) is 5.52. The second-order valence-electron chi connectivity index (χ2n) is 6.92. The summed E-state index contributed by atoms with van der Waals surface area (Å²) >= 11 is 6.06. The maximum atomic E-state index is 12.9. The maximum absolute atomic E-state index is 12.9. The fourth-order valence-corrected chi connectivity index (χ4v) is 3.10. The highest BCUT2D eigenvalue weighted by molar-refractivity contribution is 6.30. The Kier molecular flexibility index (Phi) is 6.77. The summed E-state index contributed by atoms with van der Waals surface area (Å²) in [5.74, 6) is -0.253. The first kappa shape index (κ1) is 22.1. The van der Waals surface area contributed by atoms with Gasteiger partial charge < -0.3 is 19.9 Å². The second-order valence-corrected chi connectivity index (χ2v) is 7.35. The molecule has 31 heavy (non-hydrogen) atoms. The first-order valence-electron chi connectivity index (χ1n) is 9.40. The van der Waals surface area contributed by atoms with E-state index in [1.165, 1.54) is 24.4 Å². The minimum Gasteiger partial charge on any atom is -0.497 e. The van der Waals surface area contributed by atoms with Crippen molar-refractivity contribution in [3.63, 3.8) is 0 Å². The lowest BCUT2D eigenvalue weighted by Gasteiger charge is -2.16. The Hall–Kier alpha value is -3.58. The number of hydrogen-bond donors (Lipinski definition) is 2. The van der Waals surface area contributed by atoms with Crippen LogP contribution in [-0.2, 0) is 0 Å². The second kappa shape index (κ2) is 9.49. The average molecular weight is 441 g/mol. The number of carboxylic acids is 1. The Morgan fingerprint density at radius 1 is 1.10 bits per heavy atom. The number of aryl methyl sites for hydroxylation is 1. The van der Waals surface area contributed by atoms with Gasteiger partial charge in [0.25, 0.3) is 5.91 Å². The summed E-state index contributed by atoms with van der Waals surface area (Å²) in [5.41, 5.74) is 2.01. The largest absolute Gasteiger partial charge is 0.497 e. The van der Waals surface area contributed by atoms with Crippen LogP contribution in [0.2, 0.25) is 5.02 Å². The normalized spacial score (nSPS) is 11.5. The number of methoxy groups -OCH3 is 1. The molecule has 8 heteroatoms. The van der Waals surface area contributed by atoms with E-state index >= 15 is 0 Å². The van der Waals surface area contributed by atoms with Crippen LogP contribution in [0.25, 0.3) is 0 Å². The number of carboxylic acid groups (broad SMARTS) is 1. The molecule has 1 heterocycles. The number of benzene rings is 2. The van der Waals surface area contributed by atoms with Crippen molar-refractivity contribution in [2.75, 3.05) is 7.11 Å². The fraction of sp³-hybridized carbons (Fsp3) is 0.174. The van der Waals surface area contributed by atoms with E-state index in [4.69, 9.17) is 26.2 Å². The highest BCUT2D eigenvalue weighted by Gasteiger charge is 2.19. The van der Waals surface area contributed by atoms with Crippen molar-refractivity contribution in [1.29, 1.82) is 0 Å². The number of hydrogen-bond acceptors (Lipinski definition) is 5. The van der Waals surface area contributed by atoms with E-state index in [1.54, 1.807) is 38.3 Å². The summed E-state index contributed by atoms with van der Waals surface area (Å²) in [5, 5.41) is 12.2. The van der Waals surface area contributed by atoms with Crippen molar-refractivity contribution in [2.24, 2.45) is 0 Å². The molecule has 0 fully saturated rings. The molecular weight excluding hydrogens is 420 g/mol. The molecule has 0 bridgehead atoms. The molecule has 2 aromatic carbocycles. The molecule has 0 radical (unpaired) electrons. The SMILES string of the molecule is COc1cc(C)cc(Oc2ncc(Cl)cc2C(=O)N[C@@H](C)c2ccc(C(=O)O)cc2)c1. The molecule has 160 valence electrons. The number of pyridine rings is 1. The zero-order valence-corrected chi connectivity index (χ0v) is 17.9. The molecule has 0 aliphatic heterocycles. The molecule has 3 rings (SSSR count). The predicted molar refractivity (Wildman–Crippen MR) is 116 cm³/mol. The lowest BCUT2D eigenvalue weighted by atomic mass is 10.1. The Balaban J connectivity index is 1.83. The summed E-state index contributed by atoms with van der Waals surface area (Å²) < 4.78 is 11.1. The van der Waals surface area contributed by atoms with Crippen LogP contribution < -0.4 is 14.8 Å². The molecule has 7 nitrogen and oxygen atoms in total. The van der Waals surface area contributed by atoms with Gasteiger partial charge in [0.15, 0.2) is 0 Å². The Labute approximate surface area is 184 Å². The number of carbonyl (C=O) groups is 2. The predicted octanol–water partition coefficient (Wildman–Crippen LogP) is 5.03. The zero-order valence-electron chi connectivity index (χ0n) is 17.2. The molecule has 2 N–H and O–H groups in total. The first-order chi connectivity index (χ1) is 14.8. The fourth-order valence-electron chi connectivity index (χ4n) is 2.95. The van der Waals surface area contributed by atoms with Gasteiger partial charge >= 0.3 is 5.97 Å². The highest BCUT2D eigenvalue weighted by Crippen LogP contribution is 2.29. The molecule has 1 atom stereocenters. The van der Waals surface area contributed by atoms with E-state index < -0.39 is 11.9 Å². The van der Waals surface area contributed by atoms with Gasteiger partial charge in [0.05, 0.1) is 23.7 Å². The third-order valence-corrected chi connectivity index (χ3v) is 4.75. The number of rotatable bonds is 7. The number of amides is 1. The van der Waals surface area contributed by atoms with Crippen molar-refractivity contribution in [3.8, 4) is 17.4 Å². The van der Waals surface area contributed by atoms with E-state index in [0.29, 0.717) is 11.5 Å². The maximum Gasteiger partial charge on any atom is 0.335 e. The third-order valence-electron chi connectivity index (χ3n) is 4.54. The Morgan fingerprint density at radius 3 is 2.42 bits per heavy atom. The van der Waals surface area contributed by atoms with E-state index in [9.17, 15) is 9.59 Å². The van der Waals surface area contributed by atoms with Gasteiger partial charge in [-0.1, -0.05) is 23.7 Å². The van der Waals surface area contributed by atoms with Crippen LogP contribution in [-0.4, -0.2) is 29.1 Å². The smallest absolute Gasteiger partial charge is 0.335 e. The van der Waals surface area contributed by atoms with Gasteiger partial charge in [-0.15, -0.1) is 0 Å². The van der Waals surface area contributed by atoms with Gasteiger partial charge in [-0.25, -0.2) is 9.78 Å². The molecule has 0 spiro atoms. The lowest BCUT2D eigenvalue weighted by Crippen LogP contribution is -2.27. The summed E-state index contributed by atoms with van der Waals surface area (Å²) in [6.45, 7) is 3.69. The monoisotopic (exact) mass is 440 g/mol. The lowest BCUT2D eigenvalue weighted by molar-refractivity contribution is 0.0696. The van der Waals surface area contributed by atoms with Crippen LogP contribution in [0, 0.1) is 6.92 Å². The van der Waals surface area contributed by atoms with Gasteiger partial charge in [0, 0.05) is 12.3 Å². The van der Waals surface area contributed by atoms with Crippen molar-refractivity contribution in [2.45, 2.75) is 19.9 Å². The molecule has 0 aliphatic rings. The standard InChI is InChI=1S/C23H21ClN2O5/c1-13-8-18(30-3)11-19(9-13)31-22-20(10-17(24)12-25-22)21(27)26-14(2)15-4-6-16(7-5-15)23(28)29/h4-12,14H,1-3H3,(H,26,27)(H,28,29)/t14-/m0/s1. The average Bonchev–Trinajstić information content (AvgIpc) is 2.74. The molecule has 0 unspecified atom stereocenters. The van der Waals surface area contributed by atoms with Crippen LogP contribution in [0.4, 0.5) is 0 Å². The van der Waals surface area contributed by atoms with Crippen LogP contribution in [0.5, 0.6) is 17.4 Å². The number of aromatic nitrogens is 1. The number of ether oxygens (including phenoxy) is 2. The van der Waals surface area contributed by atoms with Gasteiger partial charge in [0.2, 0.25) is 5.88 Å². The highest BCUT2D eigenvalue weighted by atomic mass is 35.5. The number of nitrogens with zero attached hydrogens (tertiary/aromatic N) is 1. The molecular formula is C23H21ClN2O5. The summed E-state index contributed by atoms with van der Waals surface area (Å²) in [6.07, 6.45) is 1.40. The summed E-state index contributed by atoms with van der Waals surface area (Å²) in [4.78, 5) is 28.1. The Morgan fingerprint density at radius 2 is 1.77 bits per heavy atom. The van der Waals surface area contributed by atoms with Crippen LogP contribution in [0.3, 0.4) is 0 Å². The molecule has 0 aliphatic carbocycles. The summed E-state index contributed by atoms with van der Waals surface area (Å²) in [7, 11) is 1.56. The van der Waals surface area contributed by atoms with E-state index in [2.05, 4.69) is 10.3 Å². The van der Waals surface area contributed by atoms with E-state index in [1.807, 2.05) is 13.0 Å². The van der Waals surface area contributed by atoms with Crippen molar-refractivity contribution < 1.29 is 24.2 Å². The van der Waals surface area contributed by atoms with E-state index in [0.717, 1.165) is 11.1 Å². The van der Waals surface area contributed by atoms with Crippen molar-refractivity contribution in [3.05, 3.63) is 82.0 Å². The van der Waals surface area contributed by atoms with Crippen molar-refractivity contribution in [1.82, 2.24) is 10.3 Å². The van der Waals surface area contributed by atoms with Gasteiger partial charge in [-0.3, -0.25) is 4.79 Å². The molecule has 1 aromatic heterocycles. The zero-order chi connectivity index (χ0) is 22.5. The molecule has 0 saturated heterocycles. The number of nitrogens with one attached hydrogen (secondary N) is 1. The van der Waals surface area contributed by atoms with E-state index in [-0.39, 0.29) is 28.1 Å². The van der Waals surface area contributed by atoms with Crippen LogP contribution in [0.15, 0.2) is 54.7 Å². The van der Waals surface area contributed by atoms with Gasteiger partial charge in [-0.05, 0) is 55.3 Å². The molecule has 1 amide bonds. The molecule has 0 saturated carbocycles. The van der Waals surface area contributed by atoms with Crippen molar-refractivity contribution >= 4 is 23.5 Å². The van der Waals surface area contributed by atoms with Gasteiger partial charge in [0.1, 0.15) is 17.1 Å². The number of halogens is 1. The minimum absolute atomic E-state index is 0.1000. The Bertz CT molecular complexity index is 1120. The van der Waals surface area contributed by atoms with Crippen LogP contribution in [0.1, 0.15) is 44.8 Å². The van der Waals surface area contributed by atoms with Crippen LogP contribution >= 0.6 is 11.6 Å². The molecule has 3 aromatic rings. The van der Waals surface area contributed by atoms with Gasteiger partial charge in [-0.2, -0.15) is 0 Å².